The summed E-state index contributed by atoms with van der Waals surface area (Å²) in [6, 6.07) is 0. The van der Waals surface area contributed by atoms with Crippen LogP contribution in [0.5, 0.6) is 0 Å². The van der Waals surface area contributed by atoms with Crippen LogP contribution in [-0.2, 0) is 14.3 Å². The molecule has 0 heterocycles. The molecule has 1 N–H and O–H groups in total. The number of carboxylic acid groups (broad SMARTS) is 1. The quantitative estimate of drug-likeness (QED) is 0.394. The molecule has 0 aliphatic rings. The van der Waals surface area contributed by atoms with Gasteiger partial charge in [0.15, 0.2) is 6.10 Å². The van der Waals surface area contributed by atoms with Gasteiger partial charge in [-0.25, -0.2) is 0 Å². The Morgan fingerprint density at radius 1 is 1.36 bits per heavy atom. The van der Waals surface area contributed by atoms with Crippen molar-refractivity contribution in [3.63, 3.8) is 0 Å². The summed E-state index contributed by atoms with van der Waals surface area (Å²) >= 11 is 0. The second-order valence-electron chi connectivity index (χ2n) is 4.30. The molecule has 82 valence electrons. The number of likely N-dealkylation sites (N-methyl/N-ethyl adjacent to an activating group) is 1. The Labute approximate surface area is 83.9 Å². The number of quaternary nitrogens is 1. The summed E-state index contributed by atoms with van der Waals surface area (Å²) in [5.41, 5.74) is 0. The lowest BCUT2D eigenvalue weighted by Gasteiger charge is -2.28. The van der Waals surface area contributed by atoms with Crippen molar-refractivity contribution in [1.82, 2.24) is 0 Å². The maximum Gasteiger partial charge on any atom is 0.307 e. The third-order valence-electron chi connectivity index (χ3n) is 1.49. The van der Waals surface area contributed by atoms with Crippen LogP contribution in [0.25, 0.3) is 0 Å². The van der Waals surface area contributed by atoms with Gasteiger partial charge in [-0.2, -0.15) is 0 Å². The Hall–Kier alpha value is -1.10. The summed E-state index contributed by atoms with van der Waals surface area (Å²) in [6.07, 6.45) is -0.695. The molecule has 0 radical (unpaired) electrons. The largest absolute Gasteiger partial charge is 0.481 e. The minimum Gasteiger partial charge on any atom is -0.481 e. The van der Waals surface area contributed by atoms with Crippen molar-refractivity contribution in [3.05, 3.63) is 0 Å². The Morgan fingerprint density at radius 3 is 2.14 bits per heavy atom. The Bertz CT molecular complexity index is 203. The molecular weight excluding hydrogens is 189 g/mol. The summed E-state index contributed by atoms with van der Waals surface area (Å²) in [5.74, 6) is -1.39. The van der Waals surface area contributed by atoms with Crippen LogP contribution in [0.3, 0.4) is 0 Å². The van der Waals surface area contributed by atoms with Crippen LogP contribution in [0.1, 0.15) is 13.3 Å². The van der Waals surface area contributed by atoms with Crippen LogP contribution < -0.4 is 0 Å². The number of carbonyl (C=O) groups excluding carboxylic acids is 1. The highest BCUT2D eigenvalue weighted by Gasteiger charge is 2.23. The van der Waals surface area contributed by atoms with Crippen molar-refractivity contribution < 1.29 is 23.9 Å². The van der Waals surface area contributed by atoms with Gasteiger partial charge < -0.3 is 14.3 Å². The second-order valence-corrected chi connectivity index (χ2v) is 4.30. The fourth-order valence-corrected chi connectivity index (χ4v) is 1.18. The van der Waals surface area contributed by atoms with Crippen molar-refractivity contribution in [1.29, 1.82) is 0 Å². The first-order valence-corrected chi connectivity index (χ1v) is 4.40. The predicted octanol–water partition coefficient (Wildman–Crippen LogP) is 0.0990. The summed E-state index contributed by atoms with van der Waals surface area (Å²) in [6.45, 7) is 1.77. The Kier molecular flexibility index (Phi) is 4.56. The lowest BCUT2D eigenvalue weighted by atomic mass is 10.2. The average molecular weight is 207 g/mol. The van der Waals surface area contributed by atoms with E-state index < -0.39 is 18.0 Å². The number of hydrogen-bond acceptors (Lipinski definition) is 3. The van der Waals surface area contributed by atoms with Crippen LogP contribution in [0.4, 0.5) is 0 Å². The number of aliphatic carboxylic acids is 1. The van der Waals surface area contributed by atoms with Crippen molar-refractivity contribution in [3.8, 4) is 0 Å². The van der Waals surface area contributed by atoms with E-state index in [0.717, 1.165) is 0 Å². The van der Waals surface area contributed by atoms with Gasteiger partial charge in [0.2, 0.25) is 0 Å². The number of nitrogens with zero attached hydrogens (tertiary/aromatic N) is 1. The van der Waals surface area contributed by atoms with Crippen LogP contribution in [0.15, 0.2) is 0 Å². The van der Waals surface area contributed by atoms with Crippen molar-refractivity contribution in [2.75, 3.05) is 27.7 Å². The van der Waals surface area contributed by atoms with E-state index in [1.165, 1.54) is 6.92 Å². The molecule has 0 aromatic rings. The van der Waals surface area contributed by atoms with Gasteiger partial charge in [0, 0.05) is 6.92 Å². The van der Waals surface area contributed by atoms with E-state index in [0.29, 0.717) is 11.0 Å². The van der Waals surface area contributed by atoms with E-state index in [1.54, 1.807) is 0 Å². The van der Waals surface area contributed by atoms with Crippen molar-refractivity contribution in [2.45, 2.75) is 19.4 Å². The topological polar surface area (TPSA) is 63.6 Å². The highest BCUT2D eigenvalue weighted by Crippen LogP contribution is 2.04. The molecule has 5 heteroatoms. The third-order valence-corrected chi connectivity index (χ3v) is 1.49. The summed E-state index contributed by atoms with van der Waals surface area (Å²) in [4.78, 5) is 21.2. The molecule has 5 nitrogen and oxygen atoms in total. The van der Waals surface area contributed by atoms with Gasteiger partial charge in [0.1, 0.15) is 6.54 Å². The molecule has 0 rings (SSSR count). The number of hydrogen-bond donors (Lipinski definition) is 1. The lowest BCUT2D eigenvalue weighted by molar-refractivity contribution is -0.873. The standard InChI is InChI=1S/C9H17NO4/c1-7(11)14-8(5-9(12)13)6-10(2,3)4/h8H,5-6H2,1-4H3/p+1/t8-/m1/s1/i2+1,3+1,4+1. The second kappa shape index (κ2) is 4.95. The predicted molar refractivity (Wildman–Crippen MR) is 50.7 cm³/mol. The molecule has 0 fully saturated rings. The van der Waals surface area contributed by atoms with E-state index in [4.69, 9.17) is 9.84 Å². The minimum absolute atomic E-state index is 0.144. The van der Waals surface area contributed by atoms with Crippen LogP contribution in [0, 0.1) is 0 Å². The molecule has 1 atom stereocenters. The van der Waals surface area contributed by atoms with Gasteiger partial charge >= 0.3 is 11.9 Å². The summed E-state index contributed by atoms with van der Waals surface area (Å²) in [5, 5.41) is 8.60. The number of carboxylic acids is 1. The molecule has 0 bridgehead atoms. The maximum absolute atomic E-state index is 10.7. The fraction of sp³-hybridized carbons (Fsp3) is 0.778. The van der Waals surface area contributed by atoms with Crippen LogP contribution in [-0.4, -0.2) is 55.3 Å². The van der Waals surface area contributed by atoms with Crippen LogP contribution >= 0.6 is 0 Å². The van der Waals surface area contributed by atoms with E-state index in [-0.39, 0.29) is 6.42 Å². The van der Waals surface area contributed by atoms with Crippen molar-refractivity contribution in [2.24, 2.45) is 0 Å². The molecule has 0 saturated carbocycles. The summed E-state index contributed by atoms with van der Waals surface area (Å²) in [7, 11) is 5.75. The SMILES string of the molecule is CC(=O)O[C@H](CC(=O)O)C[N+]([13CH3])([13CH3])[13CH3]. The molecular formula is C9H18NO4+. The Balaban J connectivity index is 4.24. The molecule has 0 amide bonds. The molecule has 0 aliphatic carbocycles. The molecule has 0 spiro atoms. The molecule has 0 aromatic carbocycles. The first kappa shape index (κ1) is 12.9. The molecule has 0 saturated heterocycles. The van der Waals surface area contributed by atoms with Crippen LogP contribution in [0.2, 0.25) is 0 Å². The van der Waals surface area contributed by atoms with E-state index in [1.807, 2.05) is 21.1 Å². The molecule has 0 unspecified atom stereocenters. The zero-order valence-corrected chi connectivity index (χ0v) is 9.11. The zero-order valence-electron chi connectivity index (χ0n) is 9.11. The van der Waals surface area contributed by atoms with Gasteiger partial charge in [-0.05, 0) is 0 Å². The minimum atomic E-state index is -0.954. The van der Waals surface area contributed by atoms with Gasteiger partial charge in [-0.1, -0.05) is 0 Å². The summed E-state index contributed by atoms with van der Waals surface area (Å²) < 4.78 is 5.46. The van der Waals surface area contributed by atoms with Gasteiger partial charge in [-0.3, -0.25) is 9.59 Å². The molecule has 0 aliphatic heterocycles. The zero-order chi connectivity index (χ0) is 11.4. The van der Waals surface area contributed by atoms with Crippen molar-refractivity contribution >= 4 is 11.9 Å². The number of carbonyl (C=O) groups is 2. The lowest BCUT2D eigenvalue weighted by Crippen LogP contribution is -2.43. The monoisotopic (exact) mass is 207 g/mol. The number of esters is 1. The van der Waals surface area contributed by atoms with E-state index in [9.17, 15) is 9.59 Å². The van der Waals surface area contributed by atoms with Gasteiger partial charge in [0.05, 0.1) is 27.6 Å². The number of ether oxygens (including phenoxy) is 1. The average Bonchev–Trinajstić information content (AvgIpc) is 1.77. The molecule has 14 heavy (non-hydrogen) atoms. The normalized spacial score (nSPS) is 13.4. The number of rotatable bonds is 5. The highest BCUT2D eigenvalue weighted by molar-refractivity contribution is 5.69. The highest BCUT2D eigenvalue weighted by atomic mass is 16.5. The maximum atomic E-state index is 10.7. The third kappa shape index (κ3) is 7.54. The first-order chi connectivity index (χ1) is 6.20. The first-order valence-electron chi connectivity index (χ1n) is 4.40. The fourth-order valence-electron chi connectivity index (χ4n) is 1.18. The smallest absolute Gasteiger partial charge is 0.307 e. The Morgan fingerprint density at radius 2 is 1.86 bits per heavy atom. The molecule has 0 aromatic heterocycles. The van der Waals surface area contributed by atoms with E-state index >= 15 is 0 Å². The van der Waals surface area contributed by atoms with Gasteiger partial charge in [0.25, 0.3) is 0 Å². The van der Waals surface area contributed by atoms with E-state index in [2.05, 4.69) is 0 Å². The van der Waals surface area contributed by atoms with Gasteiger partial charge in [-0.15, -0.1) is 0 Å².